The summed E-state index contributed by atoms with van der Waals surface area (Å²) in [5.74, 6) is 0. The molecule has 0 saturated heterocycles. The summed E-state index contributed by atoms with van der Waals surface area (Å²) in [4.78, 5) is 0. The highest BCUT2D eigenvalue weighted by Gasteiger charge is 2.02. The summed E-state index contributed by atoms with van der Waals surface area (Å²) in [6.45, 7) is 8.31. The van der Waals surface area contributed by atoms with E-state index < -0.39 is 0 Å². The topological polar surface area (TPSA) is 18.5 Å². The van der Waals surface area contributed by atoms with E-state index in [-0.39, 0.29) is 0 Å². The van der Waals surface area contributed by atoms with E-state index in [4.69, 9.17) is 8.37 Å². The fourth-order valence-electron chi connectivity index (χ4n) is 0.302. The first-order chi connectivity index (χ1) is 5.70. The second-order valence-corrected chi connectivity index (χ2v) is 4.24. The van der Waals surface area contributed by atoms with Gasteiger partial charge in [0.1, 0.15) is 0 Å². The molecule has 0 fully saturated rings. The first kappa shape index (κ1) is 12.6. The maximum Gasteiger partial charge on any atom is 0.0928 e. The average molecular weight is 210 g/mol. The Hall–Kier alpha value is 0.620. The van der Waals surface area contributed by atoms with Crippen LogP contribution >= 0.6 is 22.1 Å². The molecule has 12 heavy (non-hydrogen) atoms. The predicted octanol–water partition coefficient (Wildman–Crippen LogP) is 3.83. The van der Waals surface area contributed by atoms with Crippen LogP contribution in [-0.4, -0.2) is 12.2 Å². The Morgan fingerprint density at radius 3 is 1.50 bits per heavy atom. The van der Waals surface area contributed by atoms with Gasteiger partial charge in [0.25, 0.3) is 0 Å². The molecule has 74 valence electrons. The van der Waals surface area contributed by atoms with Crippen molar-refractivity contribution in [3.63, 3.8) is 0 Å². The maximum absolute atomic E-state index is 5.34. The minimum absolute atomic E-state index is 0.308. The van der Waals surface area contributed by atoms with Crippen molar-refractivity contribution in [3.8, 4) is 0 Å². The van der Waals surface area contributed by atoms with Gasteiger partial charge in [-0.25, -0.2) is 0 Å². The molecule has 0 spiro atoms. The lowest BCUT2D eigenvalue weighted by Gasteiger charge is -2.10. The Bertz CT molecular complexity index is 89.1. The normalized spacial score (nSPS) is 16.0. The first-order valence-electron chi connectivity index (χ1n) is 4.36. The van der Waals surface area contributed by atoms with E-state index in [9.17, 15) is 0 Å². The van der Waals surface area contributed by atoms with E-state index in [0.29, 0.717) is 12.2 Å². The highest BCUT2D eigenvalue weighted by atomic mass is 33.1. The first-order valence-corrected chi connectivity index (χ1v) is 6.36. The summed E-state index contributed by atoms with van der Waals surface area (Å²) in [5.41, 5.74) is 0. The zero-order valence-corrected chi connectivity index (χ0v) is 9.83. The summed E-state index contributed by atoms with van der Waals surface area (Å²) in [6, 6.07) is 0. The standard InChI is InChI=1S/C8H18O2S2/c1-5-7(3)9-11-12-10-8(4)6-2/h7-8H,5-6H2,1-4H3/t7-,8-/m0/s1. The van der Waals surface area contributed by atoms with Crippen molar-refractivity contribution in [1.29, 1.82) is 0 Å². The summed E-state index contributed by atoms with van der Waals surface area (Å²) in [7, 11) is 0. The molecule has 0 aliphatic carbocycles. The van der Waals surface area contributed by atoms with E-state index in [1.54, 1.807) is 0 Å². The van der Waals surface area contributed by atoms with E-state index in [0.717, 1.165) is 12.8 Å². The number of rotatable bonds is 7. The van der Waals surface area contributed by atoms with Gasteiger partial charge in [0, 0.05) is 0 Å². The zero-order valence-electron chi connectivity index (χ0n) is 8.20. The summed E-state index contributed by atoms with van der Waals surface area (Å²) in [6.07, 6.45) is 2.69. The second kappa shape index (κ2) is 8.23. The van der Waals surface area contributed by atoms with Gasteiger partial charge in [-0.05, 0) is 26.7 Å². The summed E-state index contributed by atoms with van der Waals surface area (Å²) in [5, 5.41) is 0. The smallest absolute Gasteiger partial charge is 0.0928 e. The minimum atomic E-state index is 0.308. The van der Waals surface area contributed by atoms with Crippen LogP contribution in [0.1, 0.15) is 40.5 Å². The van der Waals surface area contributed by atoms with Gasteiger partial charge in [-0.15, -0.1) is 0 Å². The van der Waals surface area contributed by atoms with Crippen LogP contribution in [0.5, 0.6) is 0 Å². The largest absolute Gasteiger partial charge is 0.300 e. The molecular weight excluding hydrogens is 192 g/mol. The fraction of sp³-hybridized carbons (Fsp3) is 1.00. The quantitative estimate of drug-likeness (QED) is 0.361. The minimum Gasteiger partial charge on any atom is -0.300 e. The number of hydrogen-bond donors (Lipinski definition) is 0. The number of hydrogen-bond acceptors (Lipinski definition) is 4. The molecule has 2 nitrogen and oxygen atoms in total. The van der Waals surface area contributed by atoms with Crippen molar-refractivity contribution >= 4 is 22.1 Å². The molecule has 0 aromatic rings. The third-order valence-electron chi connectivity index (χ3n) is 1.58. The van der Waals surface area contributed by atoms with Crippen LogP contribution in [0.3, 0.4) is 0 Å². The molecule has 0 N–H and O–H groups in total. The Balaban J connectivity index is 3.10. The van der Waals surface area contributed by atoms with Crippen LogP contribution in [0.4, 0.5) is 0 Å². The molecule has 0 rings (SSSR count). The molecule has 0 bridgehead atoms. The van der Waals surface area contributed by atoms with Crippen molar-refractivity contribution in [1.82, 2.24) is 0 Å². The van der Waals surface area contributed by atoms with Crippen molar-refractivity contribution in [2.24, 2.45) is 0 Å². The highest BCUT2D eigenvalue weighted by Crippen LogP contribution is 2.27. The maximum atomic E-state index is 5.34. The van der Waals surface area contributed by atoms with Crippen LogP contribution in [0.25, 0.3) is 0 Å². The molecule has 0 amide bonds. The molecule has 0 saturated carbocycles. The van der Waals surface area contributed by atoms with Crippen molar-refractivity contribution in [2.75, 3.05) is 0 Å². The van der Waals surface area contributed by atoms with Gasteiger partial charge < -0.3 is 8.37 Å². The van der Waals surface area contributed by atoms with Crippen molar-refractivity contribution in [2.45, 2.75) is 52.7 Å². The molecule has 0 heterocycles. The van der Waals surface area contributed by atoms with E-state index >= 15 is 0 Å². The Morgan fingerprint density at radius 2 is 1.25 bits per heavy atom. The lowest BCUT2D eigenvalue weighted by molar-refractivity contribution is 0.253. The molecule has 0 unspecified atom stereocenters. The monoisotopic (exact) mass is 210 g/mol. The SMILES string of the molecule is CC[C@H](C)OSSO[C@@H](C)CC. The lowest BCUT2D eigenvalue weighted by Crippen LogP contribution is -2.01. The van der Waals surface area contributed by atoms with Crippen molar-refractivity contribution in [3.05, 3.63) is 0 Å². The third-order valence-corrected chi connectivity index (χ3v) is 3.09. The second-order valence-electron chi connectivity index (χ2n) is 2.77. The van der Waals surface area contributed by atoms with Crippen LogP contribution in [0, 0.1) is 0 Å². The zero-order chi connectivity index (χ0) is 9.40. The molecule has 0 aromatic carbocycles. The van der Waals surface area contributed by atoms with E-state index in [1.807, 2.05) is 0 Å². The van der Waals surface area contributed by atoms with Gasteiger partial charge in [0.05, 0.1) is 34.4 Å². The summed E-state index contributed by atoms with van der Waals surface area (Å²) < 4.78 is 10.7. The molecule has 0 aliphatic rings. The molecule has 2 atom stereocenters. The van der Waals surface area contributed by atoms with Crippen LogP contribution in [-0.2, 0) is 8.37 Å². The van der Waals surface area contributed by atoms with E-state index in [2.05, 4.69) is 27.7 Å². The van der Waals surface area contributed by atoms with Crippen LogP contribution in [0.2, 0.25) is 0 Å². The lowest BCUT2D eigenvalue weighted by atomic mass is 10.3. The predicted molar refractivity (Wildman–Crippen MR) is 56.9 cm³/mol. The molecule has 0 aromatic heterocycles. The summed E-state index contributed by atoms with van der Waals surface area (Å²) >= 11 is 2.65. The van der Waals surface area contributed by atoms with Crippen LogP contribution < -0.4 is 0 Å². The third kappa shape index (κ3) is 7.28. The van der Waals surface area contributed by atoms with Gasteiger partial charge in [-0.3, -0.25) is 0 Å². The van der Waals surface area contributed by atoms with Gasteiger partial charge in [-0.1, -0.05) is 13.8 Å². The van der Waals surface area contributed by atoms with Crippen molar-refractivity contribution < 1.29 is 8.37 Å². The van der Waals surface area contributed by atoms with E-state index in [1.165, 1.54) is 22.1 Å². The van der Waals surface area contributed by atoms with Gasteiger partial charge in [0.2, 0.25) is 0 Å². The fourth-order valence-corrected chi connectivity index (χ4v) is 1.90. The Kier molecular flexibility index (Phi) is 8.65. The van der Waals surface area contributed by atoms with Crippen LogP contribution in [0.15, 0.2) is 0 Å². The van der Waals surface area contributed by atoms with Gasteiger partial charge in [-0.2, -0.15) is 0 Å². The Labute approximate surface area is 83.6 Å². The Morgan fingerprint density at radius 1 is 0.917 bits per heavy atom. The molecule has 4 heteroatoms. The molecular formula is C8H18O2S2. The average Bonchev–Trinajstić information content (AvgIpc) is 2.11. The molecule has 0 aliphatic heterocycles. The van der Waals surface area contributed by atoms with Gasteiger partial charge >= 0.3 is 0 Å². The molecule has 0 radical (unpaired) electrons. The van der Waals surface area contributed by atoms with Gasteiger partial charge in [0.15, 0.2) is 0 Å². The highest BCUT2D eigenvalue weighted by molar-refractivity contribution is 8.73.